The highest BCUT2D eigenvalue weighted by molar-refractivity contribution is 5.98. The van der Waals surface area contributed by atoms with Gasteiger partial charge in [-0.3, -0.25) is 14.4 Å². The number of hydrazone groups is 1. The fraction of sp³-hybridized carbons (Fsp3) is 0.353. The quantitative estimate of drug-likeness (QED) is 0.195. The number of nitrogens with one attached hydrogen (secondary N) is 1. The minimum atomic E-state index is -4.74. The average molecular weight is 642 g/mol. The first kappa shape index (κ1) is 34.1. The molecule has 0 aromatic heterocycles. The average Bonchev–Trinajstić information content (AvgIpc) is 2.98. The van der Waals surface area contributed by atoms with Crippen LogP contribution >= 0.6 is 0 Å². The fourth-order valence-corrected chi connectivity index (χ4v) is 4.78. The van der Waals surface area contributed by atoms with Crippen molar-refractivity contribution in [3.05, 3.63) is 101 Å². The van der Waals surface area contributed by atoms with Gasteiger partial charge in [0.15, 0.2) is 6.61 Å². The Morgan fingerprint density at radius 2 is 1.65 bits per heavy atom. The van der Waals surface area contributed by atoms with Gasteiger partial charge in [-0.2, -0.15) is 13.2 Å². The Labute approximate surface area is 264 Å². The number of hydrogen-bond donors (Lipinski definition) is 1. The number of carbonyl (C=O) groups excluding carboxylic acids is 3. The van der Waals surface area contributed by atoms with Gasteiger partial charge in [0.05, 0.1) is 24.1 Å². The molecule has 0 fully saturated rings. The normalized spacial score (nSPS) is 15.0. The van der Waals surface area contributed by atoms with Crippen LogP contribution in [0.4, 0.5) is 23.2 Å². The number of rotatable bonds is 10. The molecule has 0 saturated heterocycles. The van der Waals surface area contributed by atoms with Gasteiger partial charge in [0.1, 0.15) is 11.4 Å². The van der Waals surface area contributed by atoms with Crippen LogP contribution in [0.3, 0.4) is 0 Å². The van der Waals surface area contributed by atoms with Crippen molar-refractivity contribution in [1.82, 2.24) is 5.01 Å². The van der Waals surface area contributed by atoms with Crippen molar-refractivity contribution in [3.63, 3.8) is 0 Å². The van der Waals surface area contributed by atoms with Crippen LogP contribution in [0.5, 0.6) is 0 Å². The maximum absolute atomic E-state index is 14.7. The van der Waals surface area contributed by atoms with E-state index in [9.17, 15) is 31.9 Å². The van der Waals surface area contributed by atoms with Gasteiger partial charge in [-0.15, -0.1) is 5.10 Å². The van der Waals surface area contributed by atoms with Crippen LogP contribution in [0.25, 0.3) is 0 Å². The van der Waals surface area contributed by atoms with E-state index >= 15 is 0 Å². The van der Waals surface area contributed by atoms with Crippen LogP contribution in [0, 0.1) is 11.7 Å². The molecule has 46 heavy (non-hydrogen) atoms. The fourth-order valence-electron chi connectivity index (χ4n) is 4.78. The molecule has 1 aliphatic heterocycles. The summed E-state index contributed by atoms with van der Waals surface area (Å²) in [5.41, 5.74) is 0.785. The Balaban J connectivity index is 1.51. The molecule has 0 spiro atoms. The van der Waals surface area contributed by atoms with Crippen molar-refractivity contribution >= 4 is 29.4 Å². The van der Waals surface area contributed by atoms with Crippen LogP contribution in [-0.4, -0.2) is 47.1 Å². The molecular weight excluding hydrogens is 606 g/mol. The predicted octanol–water partition coefficient (Wildman–Crippen LogP) is 6.74. The zero-order valence-corrected chi connectivity index (χ0v) is 25.9. The molecule has 2 atom stereocenters. The van der Waals surface area contributed by atoms with Gasteiger partial charge < -0.3 is 14.8 Å². The van der Waals surface area contributed by atoms with Crippen molar-refractivity contribution in [2.45, 2.75) is 64.8 Å². The lowest BCUT2D eigenvalue weighted by Crippen LogP contribution is -2.36. The summed E-state index contributed by atoms with van der Waals surface area (Å²) in [5.74, 6) is -6.33. The number of aryl methyl sites for hydroxylation is 1. The summed E-state index contributed by atoms with van der Waals surface area (Å²) >= 11 is 0. The maximum atomic E-state index is 14.7. The summed E-state index contributed by atoms with van der Waals surface area (Å²) in [5, 5.41) is 7.81. The third kappa shape index (κ3) is 9.15. The molecule has 1 aliphatic rings. The Morgan fingerprint density at radius 3 is 2.28 bits per heavy atom. The van der Waals surface area contributed by atoms with E-state index in [1.165, 1.54) is 41.4 Å². The molecule has 0 bridgehead atoms. The number of ether oxygens (including phenoxy) is 2. The lowest BCUT2D eigenvalue weighted by atomic mass is 9.85. The second kappa shape index (κ2) is 14.1. The van der Waals surface area contributed by atoms with Crippen molar-refractivity contribution < 1.29 is 41.4 Å². The SMILES string of the molecule is CC(C(C(=O)Nc1cc(CCC(=O)OC(C)(C)C)ccc1F)c1ccc(CN2N=C(c3ccccc3)OCC2=O)cc1)C(F)(F)F. The molecule has 8 nitrogen and oxygen atoms in total. The third-order valence-corrected chi connectivity index (χ3v) is 7.15. The largest absolute Gasteiger partial charge is 0.466 e. The Morgan fingerprint density at radius 1 is 1.00 bits per heavy atom. The van der Waals surface area contributed by atoms with Crippen molar-refractivity contribution in [1.29, 1.82) is 0 Å². The minimum absolute atomic E-state index is 0.00863. The zero-order valence-electron chi connectivity index (χ0n) is 25.9. The third-order valence-electron chi connectivity index (χ3n) is 7.15. The number of halogens is 4. The molecule has 2 amide bonds. The van der Waals surface area contributed by atoms with Gasteiger partial charge in [-0.05, 0) is 68.1 Å². The number of hydrogen-bond acceptors (Lipinski definition) is 6. The monoisotopic (exact) mass is 641 g/mol. The smallest absolute Gasteiger partial charge is 0.392 e. The Kier molecular flexibility index (Phi) is 10.5. The lowest BCUT2D eigenvalue weighted by Gasteiger charge is -2.26. The molecule has 0 saturated carbocycles. The first-order valence-electron chi connectivity index (χ1n) is 14.6. The van der Waals surface area contributed by atoms with Gasteiger partial charge in [0.25, 0.3) is 5.91 Å². The second-order valence-electron chi connectivity index (χ2n) is 12.0. The van der Waals surface area contributed by atoms with Crippen molar-refractivity contribution in [2.75, 3.05) is 11.9 Å². The molecular formula is C34H35F4N3O5. The van der Waals surface area contributed by atoms with E-state index in [1.807, 2.05) is 6.07 Å². The molecule has 3 aromatic rings. The van der Waals surface area contributed by atoms with E-state index in [0.717, 1.165) is 13.0 Å². The van der Waals surface area contributed by atoms with Gasteiger partial charge >= 0.3 is 12.1 Å². The Bertz CT molecular complexity index is 1590. The summed E-state index contributed by atoms with van der Waals surface area (Å²) in [7, 11) is 0. The molecule has 0 aliphatic carbocycles. The highest BCUT2D eigenvalue weighted by atomic mass is 19.4. The predicted molar refractivity (Wildman–Crippen MR) is 163 cm³/mol. The Hall–Kier alpha value is -4.74. The molecule has 4 rings (SSSR count). The molecule has 3 aromatic carbocycles. The number of alkyl halides is 3. The first-order valence-corrected chi connectivity index (χ1v) is 14.6. The lowest BCUT2D eigenvalue weighted by molar-refractivity contribution is -0.178. The van der Waals surface area contributed by atoms with E-state index < -0.39 is 47.2 Å². The van der Waals surface area contributed by atoms with Crippen LogP contribution < -0.4 is 5.32 Å². The standard InChI is InChI=1S/C34H35F4N3O5/c1-21(34(36,37)38)30(31(44)39-27-18-22(12-16-26(27)35)13-17-29(43)46-33(2,3)4)24-14-10-23(11-15-24)19-41-28(42)20-45-32(40-41)25-8-6-5-7-9-25/h5-12,14-16,18,21,30H,13,17,19-20H2,1-4H3,(H,39,44). The molecule has 244 valence electrons. The number of esters is 1. The number of amides is 2. The summed E-state index contributed by atoms with van der Waals surface area (Å²) in [6.45, 7) is 5.86. The van der Waals surface area contributed by atoms with Crippen LogP contribution in [-0.2, 0) is 36.8 Å². The van der Waals surface area contributed by atoms with E-state index in [2.05, 4.69) is 10.4 Å². The highest BCUT2D eigenvalue weighted by Crippen LogP contribution is 2.38. The van der Waals surface area contributed by atoms with Gasteiger partial charge in [0.2, 0.25) is 11.8 Å². The number of nitrogens with zero attached hydrogens (tertiary/aromatic N) is 2. The zero-order chi connectivity index (χ0) is 33.6. The van der Waals surface area contributed by atoms with Crippen LogP contribution in [0.2, 0.25) is 0 Å². The van der Waals surface area contributed by atoms with Crippen molar-refractivity contribution in [3.8, 4) is 0 Å². The van der Waals surface area contributed by atoms with E-state index in [4.69, 9.17) is 9.47 Å². The molecule has 0 radical (unpaired) electrons. The maximum Gasteiger partial charge on any atom is 0.392 e. The van der Waals surface area contributed by atoms with E-state index in [1.54, 1.807) is 45.0 Å². The van der Waals surface area contributed by atoms with E-state index in [0.29, 0.717) is 16.7 Å². The summed E-state index contributed by atoms with van der Waals surface area (Å²) in [6, 6.07) is 18.6. The topological polar surface area (TPSA) is 97.3 Å². The van der Waals surface area contributed by atoms with Crippen molar-refractivity contribution in [2.24, 2.45) is 11.0 Å². The summed E-state index contributed by atoms with van der Waals surface area (Å²) in [4.78, 5) is 37.9. The van der Waals surface area contributed by atoms with Gasteiger partial charge in [-0.1, -0.05) is 55.5 Å². The number of anilines is 1. The molecule has 12 heteroatoms. The number of carbonyl (C=O) groups is 3. The second-order valence-corrected chi connectivity index (χ2v) is 12.0. The molecule has 1 N–H and O–H groups in total. The summed E-state index contributed by atoms with van der Waals surface area (Å²) in [6.07, 6.45) is -4.58. The van der Waals surface area contributed by atoms with Crippen LogP contribution in [0.1, 0.15) is 62.3 Å². The van der Waals surface area contributed by atoms with Crippen LogP contribution in [0.15, 0.2) is 77.9 Å². The highest BCUT2D eigenvalue weighted by Gasteiger charge is 2.45. The van der Waals surface area contributed by atoms with Gasteiger partial charge in [-0.25, -0.2) is 9.40 Å². The first-order chi connectivity index (χ1) is 21.6. The summed E-state index contributed by atoms with van der Waals surface area (Å²) < 4.78 is 67.3. The number of benzene rings is 3. The minimum Gasteiger partial charge on any atom is -0.466 e. The van der Waals surface area contributed by atoms with Gasteiger partial charge in [0, 0.05) is 12.0 Å². The van der Waals surface area contributed by atoms with E-state index in [-0.39, 0.29) is 43.1 Å². The molecule has 1 heterocycles. The molecule has 2 unspecified atom stereocenters.